The Morgan fingerprint density at radius 1 is 1.27 bits per heavy atom. The summed E-state index contributed by atoms with van der Waals surface area (Å²) in [7, 11) is -2.56. The molecule has 144 valence electrons. The molecule has 0 unspecified atom stereocenters. The van der Waals surface area contributed by atoms with Gasteiger partial charge in [0.15, 0.2) is 0 Å². The van der Waals surface area contributed by atoms with Crippen molar-refractivity contribution >= 4 is 21.7 Å². The van der Waals surface area contributed by atoms with E-state index in [4.69, 9.17) is 4.74 Å². The van der Waals surface area contributed by atoms with Gasteiger partial charge in [-0.15, -0.1) is 0 Å². The average molecular weight is 384 g/mol. The van der Waals surface area contributed by atoms with Crippen LogP contribution in [0.3, 0.4) is 0 Å². The van der Waals surface area contributed by atoms with Crippen LogP contribution in [0.25, 0.3) is 0 Å². The Hall–Kier alpha value is -2.00. The minimum absolute atomic E-state index is 0.0989. The summed E-state index contributed by atoms with van der Waals surface area (Å²) >= 11 is 0. The Morgan fingerprint density at radius 3 is 2.35 bits per heavy atom. The quantitative estimate of drug-likeness (QED) is 0.406. The first-order valence-electron chi connectivity index (χ1n) is 8.58. The molecule has 26 heavy (non-hydrogen) atoms. The maximum Gasteiger partial charge on any atom is 0.323 e. The highest BCUT2D eigenvalue weighted by molar-refractivity contribution is 7.88. The zero-order valence-electron chi connectivity index (χ0n) is 15.0. The third-order valence-corrected chi connectivity index (χ3v) is 6.63. The van der Waals surface area contributed by atoms with Gasteiger partial charge < -0.3 is 4.74 Å². The van der Waals surface area contributed by atoms with Crippen LogP contribution in [0.2, 0.25) is 0 Å². The molecule has 0 bridgehead atoms. The molecule has 0 aliphatic heterocycles. The lowest BCUT2D eigenvalue weighted by molar-refractivity contribution is -0.384. The zero-order valence-corrected chi connectivity index (χ0v) is 15.8. The molecule has 0 spiro atoms. The summed E-state index contributed by atoms with van der Waals surface area (Å²) in [6, 6.07) is 4.26. The molecule has 1 saturated carbocycles. The Morgan fingerprint density at radius 2 is 1.85 bits per heavy atom. The van der Waals surface area contributed by atoms with Crippen molar-refractivity contribution in [3.63, 3.8) is 0 Å². The van der Waals surface area contributed by atoms with Crippen LogP contribution in [0.15, 0.2) is 24.3 Å². The van der Waals surface area contributed by atoms with Gasteiger partial charge in [-0.2, -0.15) is 4.31 Å². The van der Waals surface area contributed by atoms with Crippen LogP contribution in [0.5, 0.6) is 0 Å². The van der Waals surface area contributed by atoms with Gasteiger partial charge in [-0.1, -0.05) is 31.4 Å². The van der Waals surface area contributed by atoms with E-state index >= 15 is 0 Å². The molecule has 1 atom stereocenters. The fraction of sp³-hybridized carbons (Fsp3) is 0.588. The SMILES string of the molecule is COC(=O)[C@H](C)N(C1CCCCC1)S(=O)(=O)Cc1ccc([N+](=O)[O-])cc1. The fourth-order valence-electron chi connectivity index (χ4n) is 3.39. The monoisotopic (exact) mass is 384 g/mol. The molecule has 1 aromatic carbocycles. The number of sulfonamides is 1. The van der Waals surface area contributed by atoms with Gasteiger partial charge in [-0.3, -0.25) is 14.9 Å². The highest BCUT2D eigenvalue weighted by Crippen LogP contribution is 2.28. The summed E-state index contributed by atoms with van der Waals surface area (Å²) in [5.41, 5.74) is 0.340. The molecule has 0 heterocycles. The van der Waals surface area contributed by atoms with Crippen LogP contribution in [-0.2, 0) is 25.3 Å². The molecule has 0 N–H and O–H groups in total. The highest BCUT2D eigenvalue weighted by atomic mass is 32.2. The van der Waals surface area contributed by atoms with Crippen molar-refractivity contribution in [3.05, 3.63) is 39.9 Å². The number of rotatable bonds is 7. The van der Waals surface area contributed by atoms with Gasteiger partial charge in [-0.25, -0.2) is 8.42 Å². The number of hydrogen-bond acceptors (Lipinski definition) is 6. The van der Waals surface area contributed by atoms with Crippen molar-refractivity contribution in [1.29, 1.82) is 0 Å². The number of benzene rings is 1. The number of nitrogens with zero attached hydrogens (tertiary/aromatic N) is 2. The Kier molecular flexibility index (Phi) is 6.71. The van der Waals surface area contributed by atoms with E-state index in [-0.39, 0.29) is 17.5 Å². The van der Waals surface area contributed by atoms with Crippen molar-refractivity contribution < 1.29 is 22.9 Å². The number of hydrogen-bond donors (Lipinski definition) is 0. The Labute approximate surface area is 153 Å². The number of carbonyl (C=O) groups is 1. The fourth-order valence-corrected chi connectivity index (χ4v) is 5.39. The van der Waals surface area contributed by atoms with Crippen LogP contribution >= 0.6 is 0 Å². The van der Waals surface area contributed by atoms with Crippen LogP contribution < -0.4 is 0 Å². The minimum Gasteiger partial charge on any atom is -0.468 e. The molecule has 9 heteroatoms. The van der Waals surface area contributed by atoms with Gasteiger partial charge in [0.25, 0.3) is 5.69 Å². The van der Waals surface area contributed by atoms with Gasteiger partial charge in [0.1, 0.15) is 6.04 Å². The van der Waals surface area contributed by atoms with Crippen LogP contribution in [0.4, 0.5) is 5.69 Å². The third kappa shape index (κ3) is 4.79. The molecule has 0 saturated heterocycles. The van der Waals surface area contributed by atoms with Crippen molar-refractivity contribution in [2.75, 3.05) is 7.11 Å². The second kappa shape index (κ2) is 8.59. The molecule has 1 aliphatic carbocycles. The number of carbonyl (C=O) groups excluding carboxylic acids is 1. The summed E-state index contributed by atoms with van der Waals surface area (Å²) in [4.78, 5) is 22.2. The molecule has 1 aliphatic rings. The first-order chi connectivity index (χ1) is 12.3. The first-order valence-corrected chi connectivity index (χ1v) is 10.2. The van der Waals surface area contributed by atoms with Gasteiger partial charge in [-0.05, 0) is 25.3 Å². The molecule has 0 aromatic heterocycles. The smallest absolute Gasteiger partial charge is 0.323 e. The minimum atomic E-state index is -3.80. The summed E-state index contributed by atoms with van der Waals surface area (Å²) in [5, 5.41) is 10.7. The largest absolute Gasteiger partial charge is 0.468 e. The lowest BCUT2D eigenvalue weighted by atomic mass is 9.95. The van der Waals surface area contributed by atoms with Crippen molar-refractivity contribution in [1.82, 2.24) is 4.31 Å². The third-order valence-electron chi connectivity index (χ3n) is 4.68. The molecular weight excluding hydrogens is 360 g/mol. The van der Waals surface area contributed by atoms with Crippen molar-refractivity contribution in [2.24, 2.45) is 0 Å². The van der Waals surface area contributed by atoms with E-state index in [9.17, 15) is 23.3 Å². The predicted octanol–water partition coefficient (Wildman–Crippen LogP) is 2.62. The summed E-state index contributed by atoms with van der Waals surface area (Å²) in [5.74, 6) is -0.911. The number of methoxy groups -OCH3 is 1. The van der Waals surface area contributed by atoms with Crippen molar-refractivity contribution in [2.45, 2.75) is 56.9 Å². The molecule has 1 aromatic rings. The molecule has 0 radical (unpaired) electrons. The zero-order chi connectivity index (χ0) is 19.3. The topological polar surface area (TPSA) is 107 Å². The summed E-state index contributed by atoms with van der Waals surface area (Å²) in [6.45, 7) is 1.54. The normalized spacial score (nSPS) is 17.0. The second-order valence-electron chi connectivity index (χ2n) is 6.50. The predicted molar refractivity (Wildman–Crippen MR) is 95.9 cm³/mol. The van der Waals surface area contributed by atoms with E-state index in [0.29, 0.717) is 18.4 Å². The maximum absolute atomic E-state index is 13.1. The van der Waals surface area contributed by atoms with E-state index in [1.165, 1.54) is 42.6 Å². The highest BCUT2D eigenvalue weighted by Gasteiger charge is 2.38. The van der Waals surface area contributed by atoms with Gasteiger partial charge in [0.2, 0.25) is 10.0 Å². The van der Waals surface area contributed by atoms with E-state index in [1.807, 2.05) is 0 Å². The molecule has 8 nitrogen and oxygen atoms in total. The van der Waals surface area contributed by atoms with Crippen LogP contribution in [0, 0.1) is 10.1 Å². The lowest BCUT2D eigenvalue weighted by Gasteiger charge is -2.36. The first kappa shape index (κ1) is 20.3. The molecular formula is C17H24N2O6S. The molecule has 0 amide bonds. The number of nitro benzene ring substituents is 1. The Balaban J connectivity index is 2.28. The molecule has 2 rings (SSSR count). The number of esters is 1. The van der Waals surface area contributed by atoms with Gasteiger partial charge in [0, 0.05) is 18.2 Å². The number of nitro groups is 1. The van der Waals surface area contributed by atoms with E-state index in [0.717, 1.165) is 19.3 Å². The molecule has 1 fully saturated rings. The van der Waals surface area contributed by atoms with Gasteiger partial charge >= 0.3 is 5.97 Å². The van der Waals surface area contributed by atoms with Crippen molar-refractivity contribution in [3.8, 4) is 0 Å². The number of ether oxygens (including phenoxy) is 1. The van der Waals surface area contributed by atoms with Crippen LogP contribution in [0.1, 0.15) is 44.6 Å². The average Bonchev–Trinajstić information content (AvgIpc) is 2.61. The van der Waals surface area contributed by atoms with E-state index in [2.05, 4.69) is 0 Å². The maximum atomic E-state index is 13.1. The standard InChI is InChI=1S/C17H24N2O6S/c1-13(17(20)25-2)18(15-6-4-3-5-7-15)26(23,24)12-14-8-10-16(11-9-14)19(21)22/h8-11,13,15H,3-7,12H2,1-2H3/t13-/m0/s1. The second-order valence-corrected chi connectivity index (χ2v) is 8.37. The number of non-ortho nitro benzene ring substituents is 1. The van der Waals surface area contributed by atoms with Crippen LogP contribution in [-0.4, -0.2) is 42.8 Å². The Bertz CT molecular complexity index is 741. The van der Waals surface area contributed by atoms with E-state index in [1.54, 1.807) is 0 Å². The van der Waals surface area contributed by atoms with Gasteiger partial charge in [0.05, 0.1) is 17.8 Å². The summed E-state index contributed by atoms with van der Waals surface area (Å²) < 4.78 is 32.2. The lowest BCUT2D eigenvalue weighted by Crippen LogP contribution is -2.50. The van der Waals surface area contributed by atoms with E-state index < -0.39 is 27.0 Å². The summed E-state index contributed by atoms with van der Waals surface area (Å²) in [6.07, 6.45) is 4.31.